The summed E-state index contributed by atoms with van der Waals surface area (Å²) < 4.78 is 14.9. The molecule has 0 aliphatic carbocycles. The molecule has 1 aromatic heterocycles. The van der Waals surface area contributed by atoms with Gasteiger partial charge >= 0.3 is 5.97 Å². The lowest BCUT2D eigenvalue weighted by atomic mass is 10.1. The summed E-state index contributed by atoms with van der Waals surface area (Å²) in [6.45, 7) is -0.0760. The maximum absolute atomic E-state index is 13.4. The molecular weight excluding hydrogens is 523 g/mol. The lowest BCUT2D eigenvalue weighted by molar-refractivity contribution is -0.122. The molecule has 194 valence electrons. The zero-order valence-corrected chi connectivity index (χ0v) is 20.9. The van der Waals surface area contributed by atoms with E-state index in [0.717, 1.165) is 4.90 Å². The number of para-hydroxylation sites is 1. The van der Waals surface area contributed by atoms with E-state index in [1.54, 1.807) is 35.0 Å². The minimum Gasteiger partial charge on any atom is -0.478 e. The third kappa shape index (κ3) is 5.15. The minimum absolute atomic E-state index is 0.0326. The lowest BCUT2D eigenvalue weighted by Gasteiger charge is -2.28. The molecule has 0 saturated carbocycles. The zero-order valence-electron chi connectivity index (χ0n) is 20.1. The highest BCUT2D eigenvalue weighted by Gasteiger charge is 2.34. The second-order valence-electron chi connectivity index (χ2n) is 8.59. The number of aromatic carboxylic acids is 1. The van der Waals surface area contributed by atoms with Crippen molar-refractivity contribution in [2.75, 3.05) is 10.2 Å². The van der Waals surface area contributed by atoms with Gasteiger partial charge < -0.3 is 15.0 Å². The van der Waals surface area contributed by atoms with Crippen LogP contribution in [0.25, 0.3) is 17.0 Å². The zero-order chi connectivity index (χ0) is 27.7. The Labute approximate surface area is 226 Å². The van der Waals surface area contributed by atoms with Crippen molar-refractivity contribution in [3.8, 4) is 0 Å². The molecule has 3 amide bonds. The Morgan fingerprint density at radius 3 is 2.38 bits per heavy atom. The van der Waals surface area contributed by atoms with Gasteiger partial charge in [0.15, 0.2) is 5.11 Å². The molecule has 39 heavy (non-hydrogen) atoms. The molecule has 9 nitrogen and oxygen atoms in total. The van der Waals surface area contributed by atoms with Crippen molar-refractivity contribution in [2.45, 2.75) is 6.54 Å². The lowest BCUT2D eigenvalue weighted by Crippen LogP contribution is -2.54. The van der Waals surface area contributed by atoms with Gasteiger partial charge in [0.2, 0.25) is 5.91 Å². The Morgan fingerprint density at radius 2 is 1.69 bits per heavy atom. The average molecular weight is 543 g/mol. The number of benzene rings is 3. The van der Waals surface area contributed by atoms with Gasteiger partial charge in [-0.2, -0.15) is 0 Å². The molecule has 0 bridgehead atoms. The molecule has 2 heterocycles. The molecule has 0 unspecified atom stereocenters. The van der Waals surface area contributed by atoms with E-state index in [2.05, 4.69) is 10.6 Å². The van der Waals surface area contributed by atoms with E-state index in [9.17, 15) is 23.6 Å². The number of fused-ring (bicyclic) bond motifs is 1. The number of anilines is 2. The van der Waals surface area contributed by atoms with E-state index in [1.165, 1.54) is 54.6 Å². The van der Waals surface area contributed by atoms with Gasteiger partial charge in [0.05, 0.1) is 11.3 Å². The smallest absolute Gasteiger partial charge is 0.335 e. The van der Waals surface area contributed by atoms with Crippen molar-refractivity contribution in [1.82, 2.24) is 9.88 Å². The van der Waals surface area contributed by atoms with Crippen molar-refractivity contribution in [2.24, 2.45) is 0 Å². The molecule has 4 aromatic rings. The summed E-state index contributed by atoms with van der Waals surface area (Å²) in [5.74, 6) is -3.26. The minimum atomic E-state index is -1.12. The summed E-state index contributed by atoms with van der Waals surface area (Å²) >= 11 is 5.21. The maximum atomic E-state index is 13.4. The molecule has 0 spiro atoms. The van der Waals surface area contributed by atoms with Crippen LogP contribution in [0.5, 0.6) is 0 Å². The monoisotopic (exact) mass is 542 g/mol. The molecule has 1 saturated heterocycles. The Balaban J connectivity index is 1.46. The summed E-state index contributed by atoms with van der Waals surface area (Å²) in [5, 5.41) is 14.9. The summed E-state index contributed by atoms with van der Waals surface area (Å²) in [5.41, 5.74) is 1.79. The summed E-state index contributed by atoms with van der Waals surface area (Å²) in [6, 6.07) is 18.1. The Kier molecular flexibility index (Phi) is 6.73. The normalized spacial score (nSPS) is 14.5. The van der Waals surface area contributed by atoms with E-state index in [0.29, 0.717) is 27.8 Å². The highest BCUT2D eigenvalue weighted by molar-refractivity contribution is 7.80. The van der Waals surface area contributed by atoms with Crippen LogP contribution >= 0.6 is 12.2 Å². The predicted molar refractivity (Wildman–Crippen MR) is 147 cm³/mol. The number of thiocarbonyl (C=S) groups is 1. The topological polar surface area (TPSA) is 121 Å². The molecule has 1 fully saturated rings. The van der Waals surface area contributed by atoms with E-state index in [4.69, 9.17) is 17.3 Å². The van der Waals surface area contributed by atoms with Crippen LogP contribution in [0.1, 0.15) is 15.9 Å². The van der Waals surface area contributed by atoms with Gasteiger partial charge in [0.25, 0.3) is 11.8 Å². The van der Waals surface area contributed by atoms with E-state index in [-0.39, 0.29) is 28.7 Å². The third-order valence-corrected chi connectivity index (χ3v) is 6.32. The van der Waals surface area contributed by atoms with Crippen LogP contribution < -0.4 is 15.5 Å². The predicted octanol–water partition coefficient (Wildman–Crippen LogP) is 3.95. The number of rotatable bonds is 6. The quantitative estimate of drug-likeness (QED) is 0.193. The molecule has 0 radical (unpaired) electrons. The second kappa shape index (κ2) is 10.3. The van der Waals surface area contributed by atoms with Crippen LogP contribution in [0.4, 0.5) is 15.8 Å². The number of carbonyl (C=O) groups is 4. The number of hydrogen-bond acceptors (Lipinski definition) is 5. The van der Waals surface area contributed by atoms with Crippen molar-refractivity contribution in [3.63, 3.8) is 0 Å². The molecule has 1 aliphatic rings. The van der Waals surface area contributed by atoms with Crippen molar-refractivity contribution < 1.29 is 28.7 Å². The van der Waals surface area contributed by atoms with Gasteiger partial charge in [-0.1, -0.05) is 18.2 Å². The molecule has 5 rings (SSSR count). The van der Waals surface area contributed by atoms with Crippen LogP contribution in [0, 0.1) is 5.82 Å². The van der Waals surface area contributed by atoms with Gasteiger partial charge in [0, 0.05) is 28.4 Å². The van der Waals surface area contributed by atoms with Crippen molar-refractivity contribution in [1.29, 1.82) is 0 Å². The van der Waals surface area contributed by atoms with Gasteiger partial charge in [-0.3, -0.25) is 24.6 Å². The molecular formula is C28H19FN4O5S. The first-order valence-electron chi connectivity index (χ1n) is 11.6. The number of aromatic nitrogens is 1. The molecule has 3 N–H and O–H groups in total. The highest BCUT2D eigenvalue weighted by atomic mass is 32.1. The van der Waals surface area contributed by atoms with Crippen LogP contribution in [-0.2, 0) is 20.9 Å². The first kappa shape index (κ1) is 25.5. The molecule has 0 atom stereocenters. The van der Waals surface area contributed by atoms with Gasteiger partial charge in [-0.25, -0.2) is 9.18 Å². The van der Waals surface area contributed by atoms with Gasteiger partial charge in [-0.15, -0.1) is 0 Å². The Morgan fingerprint density at radius 1 is 1.00 bits per heavy atom. The van der Waals surface area contributed by atoms with Crippen molar-refractivity contribution >= 4 is 69.4 Å². The number of nitrogens with zero attached hydrogens (tertiary/aromatic N) is 2. The number of carboxylic acids is 1. The molecule has 1 aliphatic heterocycles. The number of nitrogens with one attached hydrogen (secondary N) is 2. The van der Waals surface area contributed by atoms with E-state index >= 15 is 0 Å². The van der Waals surface area contributed by atoms with Gasteiger partial charge in [0.1, 0.15) is 17.9 Å². The standard InChI is InChI=1S/C28H19FN4O5S/c29-18-7-9-19(10-8-18)30-24(34)15-32-14-17(21-3-1-2-4-23(21)32)13-22-25(35)31-28(39)33(26(22)36)20-11-5-16(6-12-20)27(37)38/h1-14H,15H2,(H,30,34)(H,37,38)(H,31,35,39)/b22-13+. The summed E-state index contributed by atoms with van der Waals surface area (Å²) in [7, 11) is 0. The number of hydrogen-bond donors (Lipinski definition) is 3. The molecule has 3 aromatic carbocycles. The van der Waals surface area contributed by atoms with Crippen LogP contribution in [0.15, 0.2) is 84.6 Å². The van der Waals surface area contributed by atoms with Gasteiger partial charge in [-0.05, 0) is 72.9 Å². The molecule has 11 heteroatoms. The van der Waals surface area contributed by atoms with E-state index < -0.39 is 23.6 Å². The van der Waals surface area contributed by atoms with Crippen molar-refractivity contribution in [3.05, 3.63) is 102 Å². The largest absolute Gasteiger partial charge is 0.478 e. The summed E-state index contributed by atoms with van der Waals surface area (Å²) in [6.07, 6.45) is 3.08. The van der Waals surface area contributed by atoms with E-state index in [1.807, 2.05) is 0 Å². The average Bonchev–Trinajstić information content (AvgIpc) is 3.25. The third-order valence-electron chi connectivity index (χ3n) is 6.04. The first-order chi connectivity index (χ1) is 18.7. The fraction of sp³-hybridized carbons (Fsp3) is 0.0357. The fourth-order valence-corrected chi connectivity index (χ4v) is 4.49. The second-order valence-corrected chi connectivity index (χ2v) is 8.98. The summed E-state index contributed by atoms with van der Waals surface area (Å²) in [4.78, 5) is 51.2. The number of amides is 3. The number of halogens is 1. The van der Waals surface area contributed by atoms with Crippen LogP contribution in [0.3, 0.4) is 0 Å². The van der Waals surface area contributed by atoms with Crippen LogP contribution in [0.2, 0.25) is 0 Å². The first-order valence-corrected chi connectivity index (χ1v) is 12.0. The number of carboxylic acid groups (broad SMARTS) is 1. The maximum Gasteiger partial charge on any atom is 0.335 e. The fourth-order valence-electron chi connectivity index (χ4n) is 4.21. The number of carbonyl (C=O) groups excluding carboxylic acids is 3. The Bertz CT molecular complexity index is 1690. The van der Waals surface area contributed by atoms with Crippen LogP contribution in [-0.4, -0.2) is 38.5 Å². The highest BCUT2D eigenvalue weighted by Crippen LogP contribution is 2.27. The Hall–Kier alpha value is -5.16. The SMILES string of the molecule is O=C(Cn1cc(/C=C2\C(=O)NC(=S)N(c3ccc(C(=O)O)cc3)C2=O)c2ccccc21)Nc1ccc(F)cc1.